The molecule has 0 aliphatic carbocycles. The van der Waals surface area contributed by atoms with E-state index in [0.29, 0.717) is 16.8 Å². The van der Waals surface area contributed by atoms with E-state index in [9.17, 15) is 9.59 Å². The highest BCUT2D eigenvalue weighted by Crippen LogP contribution is 2.13. The summed E-state index contributed by atoms with van der Waals surface area (Å²) >= 11 is 0. The standard InChI is InChI=1S/C19H18N2O3/c1-12-7-13(2)9-16(8-12)19(23)24-14(3)18(22)21-17-6-4-5-15(10-17)11-20/h4-10,14H,1-3H3,(H,21,22)/t14-/m0/s1. The van der Waals surface area contributed by atoms with Gasteiger partial charge in [0.1, 0.15) is 0 Å². The molecular weight excluding hydrogens is 304 g/mol. The summed E-state index contributed by atoms with van der Waals surface area (Å²) in [6.45, 7) is 5.29. The maximum Gasteiger partial charge on any atom is 0.338 e. The highest BCUT2D eigenvalue weighted by molar-refractivity contribution is 5.97. The molecular formula is C19H18N2O3. The van der Waals surface area contributed by atoms with Crippen LogP contribution in [0.3, 0.4) is 0 Å². The monoisotopic (exact) mass is 322 g/mol. The van der Waals surface area contributed by atoms with Crippen LogP contribution < -0.4 is 5.32 Å². The molecule has 1 N–H and O–H groups in total. The van der Waals surface area contributed by atoms with Crippen LogP contribution in [0.5, 0.6) is 0 Å². The zero-order chi connectivity index (χ0) is 17.7. The number of ether oxygens (including phenoxy) is 1. The quantitative estimate of drug-likeness (QED) is 0.875. The van der Waals surface area contributed by atoms with E-state index in [-0.39, 0.29) is 0 Å². The van der Waals surface area contributed by atoms with E-state index in [1.54, 1.807) is 36.4 Å². The molecule has 1 atom stereocenters. The molecule has 0 radical (unpaired) electrons. The van der Waals surface area contributed by atoms with Gasteiger partial charge in [-0.3, -0.25) is 4.79 Å². The Bertz CT molecular complexity index is 801. The van der Waals surface area contributed by atoms with Gasteiger partial charge in [0.05, 0.1) is 17.2 Å². The van der Waals surface area contributed by atoms with E-state index in [1.165, 1.54) is 6.92 Å². The first-order chi connectivity index (χ1) is 11.4. The van der Waals surface area contributed by atoms with E-state index in [0.717, 1.165) is 11.1 Å². The highest BCUT2D eigenvalue weighted by atomic mass is 16.5. The Morgan fingerprint density at radius 3 is 2.42 bits per heavy atom. The van der Waals surface area contributed by atoms with Crippen molar-refractivity contribution in [1.82, 2.24) is 0 Å². The van der Waals surface area contributed by atoms with Crippen molar-refractivity contribution in [3.63, 3.8) is 0 Å². The molecule has 0 spiro atoms. The number of nitrogens with one attached hydrogen (secondary N) is 1. The van der Waals surface area contributed by atoms with Gasteiger partial charge < -0.3 is 10.1 Å². The molecule has 2 aromatic carbocycles. The maximum absolute atomic E-state index is 12.2. The van der Waals surface area contributed by atoms with E-state index in [1.807, 2.05) is 26.0 Å². The number of aryl methyl sites for hydroxylation is 2. The zero-order valence-corrected chi connectivity index (χ0v) is 13.8. The average Bonchev–Trinajstić information content (AvgIpc) is 2.54. The SMILES string of the molecule is Cc1cc(C)cc(C(=O)O[C@@H](C)C(=O)Nc2cccc(C#N)c2)c1. The number of esters is 1. The third-order valence-corrected chi connectivity index (χ3v) is 3.37. The minimum atomic E-state index is -0.955. The second-order valence-corrected chi connectivity index (χ2v) is 5.61. The number of carbonyl (C=O) groups excluding carboxylic acids is 2. The molecule has 0 aliphatic heterocycles. The topological polar surface area (TPSA) is 79.2 Å². The largest absolute Gasteiger partial charge is 0.449 e. The van der Waals surface area contributed by atoms with E-state index >= 15 is 0 Å². The van der Waals surface area contributed by atoms with Crippen molar-refractivity contribution >= 4 is 17.6 Å². The summed E-state index contributed by atoms with van der Waals surface area (Å²) in [5, 5.41) is 11.5. The summed E-state index contributed by atoms with van der Waals surface area (Å²) in [5.41, 5.74) is 3.24. The molecule has 5 heteroatoms. The fraction of sp³-hybridized carbons (Fsp3) is 0.211. The smallest absolute Gasteiger partial charge is 0.338 e. The maximum atomic E-state index is 12.2. The zero-order valence-electron chi connectivity index (χ0n) is 13.8. The van der Waals surface area contributed by atoms with Gasteiger partial charge >= 0.3 is 5.97 Å². The molecule has 0 saturated carbocycles. The lowest BCUT2D eigenvalue weighted by Gasteiger charge is -2.14. The lowest BCUT2D eigenvalue weighted by molar-refractivity contribution is -0.123. The molecule has 2 rings (SSSR count). The molecule has 2 aromatic rings. The second kappa shape index (κ2) is 7.42. The van der Waals surface area contributed by atoms with Gasteiger partial charge in [-0.2, -0.15) is 5.26 Å². The number of amides is 1. The Labute approximate surface area is 140 Å². The summed E-state index contributed by atoms with van der Waals surface area (Å²) in [5.74, 6) is -1.00. The number of nitriles is 1. The van der Waals surface area contributed by atoms with Gasteiger partial charge in [0.2, 0.25) is 0 Å². The summed E-state index contributed by atoms with van der Waals surface area (Å²) in [6, 6.07) is 13.9. The number of nitrogens with zero attached hydrogens (tertiary/aromatic N) is 1. The van der Waals surface area contributed by atoms with E-state index < -0.39 is 18.0 Å². The van der Waals surface area contributed by atoms with Crippen molar-refractivity contribution < 1.29 is 14.3 Å². The van der Waals surface area contributed by atoms with E-state index in [4.69, 9.17) is 10.00 Å². The van der Waals surface area contributed by atoms with Gasteiger partial charge in [0.15, 0.2) is 6.10 Å². The van der Waals surface area contributed by atoms with Crippen LogP contribution in [0.1, 0.15) is 34.0 Å². The molecule has 0 aliphatic rings. The number of benzene rings is 2. The van der Waals surface area contributed by atoms with Crippen molar-refractivity contribution in [3.05, 3.63) is 64.7 Å². The third-order valence-electron chi connectivity index (χ3n) is 3.37. The minimum absolute atomic E-state index is 0.415. The van der Waals surface area contributed by atoms with Crippen molar-refractivity contribution in [3.8, 4) is 6.07 Å². The number of hydrogen-bond acceptors (Lipinski definition) is 4. The first kappa shape index (κ1) is 17.2. The van der Waals surface area contributed by atoms with Crippen LogP contribution in [-0.2, 0) is 9.53 Å². The molecule has 0 unspecified atom stereocenters. The number of anilines is 1. The van der Waals surface area contributed by atoms with Crippen LogP contribution in [0.25, 0.3) is 0 Å². The Morgan fingerprint density at radius 2 is 1.79 bits per heavy atom. The molecule has 0 saturated heterocycles. The predicted molar refractivity (Wildman–Crippen MR) is 90.6 cm³/mol. The first-order valence-electron chi connectivity index (χ1n) is 7.49. The predicted octanol–water partition coefficient (Wildman–Crippen LogP) is 3.36. The fourth-order valence-electron chi connectivity index (χ4n) is 2.29. The second-order valence-electron chi connectivity index (χ2n) is 5.61. The summed E-state index contributed by atoms with van der Waals surface area (Å²) in [7, 11) is 0. The molecule has 5 nitrogen and oxygen atoms in total. The fourth-order valence-corrected chi connectivity index (χ4v) is 2.29. The van der Waals surface area contributed by atoms with Crippen LogP contribution in [-0.4, -0.2) is 18.0 Å². The van der Waals surface area contributed by atoms with Gasteiger partial charge in [-0.15, -0.1) is 0 Å². The van der Waals surface area contributed by atoms with Gasteiger partial charge in [0, 0.05) is 5.69 Å². The average molecular weight is 322 g/mol. The normalized spacial score (nSPS) is 11.2. The molecule has 1 amide bonds. The van der Waals surface area contributed by atoms with Crippen LogP contribution in [0.4, 0.5) is 5.69 Å². The first-order valence-corrected chi connectivity index (χ1v) is 7.49. The van der Waals surface area contributed by atoms with Crippen molar-refractivity contribution in [2.24, 2.45) is 0 Å². The van der Waals surface area contributed by atoms with Crippen molar-refractivity contribution in [2.75, 3.05) is 5.32 Å². The molecule has 0 fully saturated rings. The van der Waals surface area contributed by atoms with Crippen molar-refractivity contribution in [1.29, 1.82) is 5.26 Å². The third kappa shape index (κ3) is 4.43. The van der Waals surface area contributed by atoms with Gasteiger partial charge in [-0.05, 0) is 51.1 Å². The lowest BCUT2D eigenvalue weighted by Crippen LogP contribution is -2.30. The molecule has 122 valence electrons. The number of rotatable bonds is 4. The van der Waals surface area contributed by atoms with Gasteiger partial charge in [-0.25, -0.2) is 4.79 Å². The summed E-state index contributed by atoms with van der Waals surface area (Å²) in [4.78, 5) is 24.3. The number of carbonyl (C=O) groups is 2. The van der Waals surface area contributed by atoms with Gasteiger partial charge in [-0.1, -0.05) is 23.3 Å². The minimum Gasteiger partial charge on any atom is -0.449 e. The Morgan fingerprint density at radius 1 is 1.12 bits per heavy atom. The van der Waals surface area contributed by atoms with Crippen LogP contribution in [0, 0.1) is 25.2 Å². The highest BCUT2D eigenvalue weighted by Gasteiger charge is 2.19. The van der Waals surface area contributed by atoms with Crippen molar-refractivity contribution in [2.45, 2.75) is 26.9 Å². The molecule has 0 heterocycles. The Kier molecular flexibility index (Phi) is 5.33. The summed E-state index contributed by atoms with van der Waals surface area (Å²) in [6.07, 6.45) is -0.955. The van der Waals surface area contributed by atoms with Crippen LogP contribution in [0.15, 0.2) is 42.5 Å². The molecule has 0 bridgehead atoms. The Balaban J connectivity index is 2.03. The van der Waals surface area contributed by atoms with Crippen LogP contribution >= 0.6 is 0 Å². The number of hydrogen-bond donors (Lipinski definition) is 1. The van der Waals surface area contributed by atoms with E-state index in [2.05, 4.69) is 5.32 Å². The molecule has 0 aromatic heterocycles. The lowest BCUT2D eigenvalue weighted by atomic mass is 10.1. The molecule has 24 heavy (non-hydrogen) atoms. The summed E-state index contributed by atoms with van der Waals surface area (Å²) < 4.78 is 5.22. The van der Waals surface area contributed by atoms with Gasteiger partial charge in [0.25, 0.3) is 5.91 Å². The van der Waals surface area contributed by atoms with Crippen LogP contribution in [0.2, 0.25) is 0 Å². The Hall–Kier alpha value is -3.13.